The fourth-order valence-corrected chi connectivity index (χ4v) is 8.37. The summed E-state index contributed by atoms with van der Waals surface area (Å²) in [5, 5.41) is 2.55. The van der Waals surface area contributed by atoms with E-state index in [1.807, 2.05) is 6.07 Å². The number of amides is 1. The largest absolute Gasteiger partial charge is 0.497 e. The third kappa shape index (κ3) is 8.78. The van der Waals surface area contributed by atoms with Gasteiger partial charge in [-0.1, -0.05) is 25.5 Å². The van der Waals surface area contributed by atoms with Crippen molar-refractivity contribution >= 4 is 27.4 Å². The van der Waals surface area contributed by atoms with Crippen LogP contribution in [0.1, 0.15) is 65.3 Å². The third-order valence-corrected chi connectivity index (χ3v) is 12.0. The van der Waals surface area contributed by atoms with Crippen molar-refractivity contribution in [3.8, 4) is 23.0 Å². The van der Waals surface area contributed by atoms with Gasteiger partial charge in [0.1, 0.15) is 28.8 Å². The second-order valence-corrected chi connectivity index (χ2v) is 15.7. The van der Waals surface area contributed by atoms with Gasteiger partial charge in [-0.25, -0.2) is 27.2 Å². The number of carbonyl (C=O) groups is 1. The predicted octanol–water partition coefficient (Wildman–Crippen LogP) is 6.90. The van der Waals surface area contributed by atoms with E-state index in [0.717, 1.165) is 43.4 Å². The molecule has 0 spiro atoms. The molecule has 1 atom stereocenters. The molecule has 1 amide bonds. The van der Waals surface area contributed by atoms with Crippen molar-refractivity contribution in [1.82, 2.24) is 14.3 Å². The number of carbonyl (C=O) groups excluding carboxylic acids is 1. The van der Waals surface area contributed by atoms with Gasteiger partial charge >= 0.3 is 0 Å². The molecule has 1 aliphatic carbocycles. The van der Waals surface area contributed by atoms with Crippen LogP contribution in [0.3, 0.4) is 0 Å². The molecule has 2 aromatic carbocycles. The molecule has 1 unspecified atom stereocenters. The summed E-state index contributed by atoms with van der Waals surface area (Å²) < 4.78 is 81.3. The van der Waals surface area contributed by atoms with Crippen LogP contribution in [0, 0.1) is 5.92 Å². The molecular formula is C40H47F2N5O7S. The lowest BCUT2D eigenvalue weighted by atomic mass is 9.94. The van der Waals surface area contributed by atoms with E-state index >= 15 is 0 Å². The first-order valence-corrected chi connectivity index (χ1v) is 19.7. The second-order valence-electron chi connectivity index (χ2n) is 13.8. The SMILES string of the molecule is COc1ccc(CN(Cc2ccc(OC)cc2OC)S(=O)(=O)c2cc(NC(=O)c3cc4c(nc3N3CCC(F)(F)C(C)C3)CCCCC4)ccn2)c(OC)c1. The quantitative estimate of drug-likeness (QED) is 0.143. The van der Waals surface area contributed by atoms with E-state index in [9.17, 15) is 22.0 Å². The highest BCUT2D eigenvalue weighted by molar-refractivity contribution is 7.89. The van der Waals surface area contributed by atoms with Crippen LogP contribution in [0.15, 0.2) is 65.8 Å². The molecule has 15 heteroatoms. The van der Waals surface area contributed by atoms with Crippen molar-refractivity contribution < 1.29 is 40.9 Å². The summed E-state index contributed by atoms with van der Waals surface area (Å²) in [6.07, 6.45) is 5.41. The molecule has 2 aromatic heterocycles. The number of nitrogens with one attached hydrogen (secondary N) is 1. The van der Waals surface area contributed by atoms with Crippen molar-refractivity contribution in [2.45, 2.75) is 69.5 Å². The van der Waals surface area contributed by atoms with Crippen LogP contribution in [0.4, 0.5) is 20.3 Å². The minimum Gasteiger partial charge on any atom is -0.497 e. The Labute approximate surface area is 320 Å². The Morgan fingerprint density at radius 3 is 2.13 bits per heavy atom. The zero-order chi connectivity index (χ0) is 39.3. The molecule has 55 heavy (non-hydrogen) atoms. The van der Waals surface area contributed by atoms with Gasteiger partial charge in [0, 0.05) is 85.4 Å². The summed E-state index contributed by atoms with van der Waals surface area (Å²) in [7, 11) is 1.68. The van der Waals surface area contributed by atoms with Gasteiger partial charge in [0.15, 0.2) is 5.03 Å². The molecule has 6 rings (SSSR count). The average molecular weight is 780 g/mol. The maximum atomic E-state index is 14.6. The van der Waals surface area contributed by atoms with Gasteiger partial charge in [-0.2, -0.15) is 4.31 Å². The van der Waals surface area contributed by atoms with Gasteiger partial charge in [-0.15, -0.1) is 0 Å². The van der Waals surface area contributed by atoms with E-state index in [1.165, 1.54) is 58.0 Å². The van der Waals surface area contributed by atoms with E-state index in [1.54, 1.807) is 41.3 Å². The smallest absolute Gasteiger partial charge is 0.261 e. The van der Waals surface area contributed by atoms with Gasteiger partial charge < -0.3 is 29.2 Å². The first-order valence-electron chi connectivity index (χ1n) is 18.2. The second kappa shape index (κ2) is 16.8. The molecule has 1 N–H and O–H groups in total. The molecular weight excluding hydrogens is 733 g/mol. The standard InChI is InChI=1S/C40H47F2N5O7S/c1-26-23-46(18-16-40(26,41)42)38-33(19-27-9-7-6-8-10-34(27)45-38)39(48)44-30-15-17-43-37(20-30)55(49,50)47(24-28-11-13-31(51-2)21-35(28)53-4)25-29-12-14-32(52-3)22-36(29)54-5/h11-15,17,19-22,26H,6-10,16,18,23-25H2,1-5H3,(H,43,44,48). The number of benzene rings is 2. The molecule has 1 fully saturated rings. The van der Waals surface area contributed by atoms with Gasteiger partial charge in [0.05, 0.1) is 34.0 Å². The minimum atomic E-state index is -4.35. The summed E-state index contributed by atoms with van der Waals surface area (Å²) in [6, 6.07) is 14.9. The lowest BCUT2D eigenvalue weighted by molar-refractivity contribution is -0.0652. The number of nitrogens with zero attached hydrogens (tertiary/aromatic N) is 4. The zero-order valence-electron chi connectivity index (χ0n) is 31.7. The zero-order valence-corrected chi connectivity index (χ0v) is 32.5. The van der Waals surface area contributed by atoms with E-state index in [-0.39, 0.29) is 48.9 Å². The molecule has 1 aliphatic heterocycles. The van der Waals surface area contributed by atoms with Crippen molar-refractivity contribution in [1.29, 1.82) is 0 Å². The first kappa shape index (κ1) is 39.7. The summed E-state index contributed by atoms with van der Waals surface area (Å²) in [5.74, 6) is -1.99. The number of alkyl halides is 2. The average Bonchev–Trinajstić information content (AvgIpc) is 3.43. The van der Waals surface area contributed by atoms with E-state index in [2.05, 4.69) is 10.3 Å². The van der Waals surface area contributed by atoms with Crippen LogP contribution in [0.5, 0.6) is 23.0 Å². The Balaban J connectivity index is 1.34. The molecule has 3 heterocycles. The third-order valence-electron chi connectivity index (χ3n) is 10.3. The highest BCUT2D eigenvalue weighted by Crippen LogP contribution is 2.37. The Hall–Kier alpha value is -5.02. The lowest BCUT2D eigenvalue weighted by Crippen LogP contribution is -2.46. The number of hydrogen-bond acceptors (Lipinski definition) is 10. The molecule has 0 bridgehead atoms. The Bertz CT molecular complexity index is 2080. The van der Waals surface area contributed by atoms with Crippen molar-refractivity contribution in [3.63, 3.8) is 0 Å². The number of methoxy groups -OCH3 is 4. The number of piperidine rings is 1. The molecule has 12 nitrogen and oxygen atoms in total. The maximum absolute atomic E-state index is 14.6. The van der Waals surface area contributed by atoms with Crippen molar-refractivity contribution in [2.24, 2.45) is 5.92 Å². The van der Waals surface area contributed by atoms with Gasteiger partial charge in [-0.05, 0) is 55.5 Å². The Morgan fingerprint density at radius 1 is 0.891 bits per heavy atom. The summed E-state index contributed by atoms with van der Waals surface area (Å²) in [6.45, 7) is 1.38. The monoisotopic (exact) mass is 779 g/mol. The topological polar surface area (TPSA) is 132 Å². The van der Waals surface area contributed by atoms with Crippen LogP contribution in [-0.4, -0.2) is 76.0 Å². The molecule has 0 saturated carbocycles. The number of anilines is 2. The molecule has 4 aromatic rings. The number of aromatic nitrogens is 2. The maximum Gasteiger partial charge on any atom is 0.261 e. The van der Waals surface area contributed by atoms with Crippen LogP contribution in [-0.2, 0) is 36.0 Å². The minimum absolute atomic E-state index is 0.0461. The van der Waals surface area contributed by atoms with E-state index in [0.29, 0.717) is 39.9 Å². The van der Waals surface area contributed by atoms with Crippen LogP contribution in [0.2, 0.25) is 0 Å². The van der Waals surface area contributed by atoms with Gasteiger partial charge in [-0.3, -0.25) is 4.79 Å². The van der Waals surface area contributed by atoms with Crippen molar-refractivity contribution in [3.05, 3.63) is 88.7 Å². The van der Waals surface area contributed by atoms with Gasteiger partial charge in [0.25, 0.3) is 21.9 Å². The number of halogens is 2. The summed E-state index contributed by atoms with van der Waals surface area (Å²) in [4.78, 5) is 25.1. The van der Waals surface area contributed by atoms with Crippen LogP contribution < -0.4 is 29.2 Å². The fraction of sp³-hybridized carbons (Fsp3) is 0.425. The van der Waals surface area contributed by atoms with Crippen LogP contribution >= 0.6 is 0 Å². The Morgan fingerprint density at radius 2 is 1.53 bits per heavy atom. The molecule has 1 saturated heterocycles. The van der Waals surface area contributed by atoms with E-state index < -0.39 is 27.8 Å². The summed E-state index contributed by atoms with van der Waals surface area (Å²) >= 11 is 0. The van der Waals surface area contributed by atoms with Crippen LogP contribution in [0.25, 0.3) is 0 Å². The molecule has 0 radical (unpaired) electrons. The summed E-state index contributed by atoms with van der Waals surface area (Å²) in [5.41, 5.74) is 3.40. The van der Waals surface area contributed by atoms with Crippen molar-refractivity contribution in [2.75, 3.05) is 51.7 Å². The number of fused-ring (bicyclic) bond motifs is 1. The predicted molar refractivity (Wildman–Crippen MR) is 204 cm³/mol. The number of aryl methyl sites for hydroxylation is 2. The molecule has 2 aliphatic rings. The first-order chi connectivity index (χ1) is 26.4. The van der Waals surface area contributed by atoms with E-state index in [4.69, 9.17) is 23.9 Å². The highest BCUT2D eigenvalue weighted by atomic mass is 32.2. The lowest BCUT2D eigenvalue weighted by Gasteiger charge is -2.38. The Kier molecular flexibility index (Phi) is 12.1. The number of ether oxygens (including phenoxy) is 4. The fourth-order valence-electron chi connectivity index (χ4n) is 7.02. The van der Waals surface area contributed by atoms with Gasteiger partial charge in [0.2, 0.25) is 0 Å². The number of hydrogen-bond donors (Lipinski definition) is 1. The molecule has 294 valence electrons. The number of sulfonamides is 1. The number of rotatable bonds is 13. The normalized spacial score (nSPS) is 16.9. The number of pyridine rings is 2. The highest BCUT2D eigenvalue weighted by Gasteiger charge is 2.42.